The third kappa shape index (κ3) is 5.87. The van der Waals surface area contributed by atoms with Crippen LogP contribution in [0.2, 0.25) is 0 Å². The van der Waals surface area contributed by atoms with Gasteiger partial charge in [-0.25, -0.2) is 14.4 Å². The summed E-state index contributed by atoms with van der Waals surface area (Å²) in [4.78, 5) is 30.2. The van der Waals surface area contributed by atoms with E-state index in [1.807, 2.05) is 30.2 Å². The number of aromatic nitrogens is 2. The summed E-state index contributed by atoms with van der Waals surface area (Å²) in [5.74, 6) is 1.42. The summed E-state index contributed by atoms with van der Waals surface area (Å²) in [6.07, 6.45) is 4.68. The fraction of sp³-hybridized carbons (Fsp3) is 0.444. The van der Waals surface area contributed by atoms with E-state index in [4.69, 9.17) is 0 Å². The summed E-state index contributed by atoms with van der Waals surface area (Å²) in [5.41, 5.74) is 1.80. The van der Waals surface area contributed by atoms with Gasteiger partial charge in [0, 0.05) is 58.4 Å². The minimum Gasteiger partial charge on any atom is -0.354 e. The Morgan fingerprint density at radius 1 is 1.09 bits per heavy atom. The lowest BCUT2D eigenvalue weighted by molar-refractivity contribution is 0.0641. The maximum Gasteiger partial charge on any atom is 0.265 e. The lowest BCUT2D eigenvalue weighted by atomic mass is 9.97. The number of halogens is 1. The summed E-state index contributed by atoms with van der Waals surface area (Å²) >= 11 is 1.48. The maximum absolute atomic E-state index is 13.4. The fourth-order valence-electron chi connectivity index (χ4n) is 5.11. The van der Waals surface area contributed by atoms with Crippen LogP contribution in [0.1, 0.15) is 38.8 Å². The van der Waals surface area contributed by atoms with E-state index in [1.54, 1.807) is 12.1 Å². The molecule has 0 N–H and O–H groups in total. The van der Waals surface area contributed by atoms with Crippen LogP contribution in [0.3, 0.4) is 0 Å². The van der Waals surface area contributed by atoms with E-state index in [9.17, 15) is 9.18 Å². The van der Waals surface area contributed by atoms with Gasteiger partial charge < -0.3 is 9.80 Å². The number of likely N-dealkylation sites (tertiary alicyclic amines) is 1. The smallest absolute Gasteiger partial charge is 0.265 e. The SMILES string of the molecule is Cc1nc(Cc2ccc(F)cc2)sc1C(=O)N1CCCC(CN2CCN(c3ccccn3)CC2)C1. The van der Waals surface area contributed by atoms with Gasteiger partial charge in [0.1, 0.15) is 16.5 Å². The van der Waals surface area contributed by atoms with Gasteiger partial charge in [-0.1, -0.05) is 18.2 Å². The molecule has 2 fully saturated rings. The van der Waals surface area contributed by atoms with E-state index in [2.05, 4.69) is 25.8 Å². The summed E-state index contributed by atoms with van der Waals surface area (Å²) in [5, 5.41) is 0.900. The Balaban J connectivity index is 1.15. The average Bonchev–Trinajstić information content (AvgIpc) is 3.26. The number of piperazine rings is 1. The van der Waals surface area contributed by atoms with Crippen LogP contribution in [0, 0.1) is 18.7 Å². The third-order valence-corrected chi connectivity index (χ3v) is 8.12. The average molecular weight is 494 g/mol. The second kappa shape index (κ2) is 10.8. The van der Waals surface area contributed by atoms with Gasteiger partial charge in [-0.2, -0.15) is 0 Å². The molecule has 184 valence electrons. The van der Waals surface area contributed by atoms with E-state index in [-0.39, 0.29) is 11.7 Å². The molecule has 8 heteroatoms. The molecule has 3 aromatic rings. The van der Waals surface area contributed by atoms with Crippen LogP contribution in [0.4, 0.5) is 10.2 Å². The predicted octanol–water partition coefficient (Wildman–Crippen LogP) is 4.25. The quantitative estimate of drug-likeness (QED) is 0.514. The summed E-state index contributed by atoms with van der Waals surface area (Å²) in [6, 6.07) is 12.6. The number of piperidine rings is 1. The topological polar surface area (TPSA) is 52.6 Å². The molecule has 1 atom stereocenters. The van der Waals surface area contributed by atoms with Crippen LogP contribution < -0.4 is 4.90 Å². The summed E-state index contributed by atoms with van der Waals surface area (Å²) in [6.45, 7) is 8.62. The Bertz CT molecular complexity index is 1130. The summed E-state index contributed by atoms with van der Waals surface area (Å²) in [7, 11) is 0. The highest BCUT2D eigenvalue weighted by molar-refractivity contribution is 7.13. The molecular weight excluding hydrogens is 461 g/mol. The van der Waals surface area contributed by atoms with E-state index in [0.29, 0.717) is 12.3 Å². The fourth-order valence-corrected chi connectivity index (χ4v) is 6.18. The van der Waals surface area contributed by atoms with Crippen LogP contribution in [0.15, 0.2) is 48.7 Å². The van der Waals surface area contributed by atoms with E-state index >= 15 is 0 Å². The number of carbonyl (C=O) groups is 1. The molecule has 2 aliphatic heterocycles. The normalized spacial score (nSPS) is 19.2. The number of hydrogen-bond donors (Lipinski definition) is 0. The van der Waals surface area contributed by atoms with Gasteiger partial charge in [0.25, 0.3) is 5.91 Å². The van der Waals surface area contributed by atoms with Crippen molar-refractivity contribution in [3.8, 4) is 0 Å². The number of nitrogens with zero attached hydrogens (tertiary/aromatic N) is 5. The highest BCUT2D eigenvalue weighted by atomic mass is 32.1. The zero-order valence-corrected chi connectivity index (χ0v) is 21.0. The minimum absolute atomic E-state index is 0.107. The number of benzene rings is 1. The van der Waals surface area contributed by atoms with Crippen molar-refractivity contribution in [3.63, 3.8) is 0 Å². The Hall–Kier alpha value is -2.84. The minimum atomic E-state index is -0.241. The van der Waals surface area contributed by atoms with Crippen LogP contribution in [0.5, 0.6) is 0 Å². The monoisotopic (exact) mass is 493 g/mol. The number of carbonyl (C=O) groups excluding carboxylic acids is 1. The summed E-state index contributed by atoms with van der Waals surface area (Å²) < 4.78 is 13.2. The molecule has 35 heavy (non-hydrogen) atoms. The molecular formula is C27H32FN5OS. The van der Waals surface area contributed by atoms with Crippen molar-refractivity contribution in [3.05, 3.63) is 75.6 Å². The molecule has 0 saturated carbocycles. The van der Waals surface area contributed by atoms with Gasteiger partial charge in [0.15, 0.2) is 0 Å². The molecule has 0 bridgehead atoms. The van der Waals surface area contributed by atoms with Gasteiger partial charge in [-0.3, -0.25) is 9.69 Å². The molecule has 4 heterocycles. The number of aryl methyl sites for hydroxylation is 1. The van der Waals surface area contributed by atoms with Crippen molar-refractivity contribution in [1.29, 1.82) is 0 Å². The molecule has 1 aromatic carbocycles. The van der Waals surface area contributed by atoms with Crippen LogP contribution in [0.25, 0.3) is 0 Å². The van der Waals surface area contributed by atoms with Crippen molar-refractivity contribution >= 4 is 23.1 Å². The zero-order valence-electron chi connectivity index (χ0n) is 20.2. The Morgan fingerprint density at radius 3 is 2.63 bits per heavy atom. The van der Waals surface area contributed by atoms with Crippen molar-refractivity contribution in [2.45, 2.75) is 26.2 Å². The molecule has 2 saturated heterocycles. The number of anilines is 1. The highest BCUT2D eigenvalue weighted by Gasteiger charge is 2.29. The van der Waals surface area contributed by atoms with E-state index in [1.165, 1.54) is 29.9 Å². The zero-order chi connectivity index (χ0) is 24.2. The van der Waals surface area contributed by atoms with Gasteiger partial charge >= 0.3 is 0 Å². The predicted molar refractivity (Wildman–Crippen MR) is 138 cm³/mol. The lowest BCUT2D eigenvalue weighted by Crippen LogP contribution is -2.50. The molecule has 2 aliphatic rings. The van der Waals surface area contributed by atoms with Crippen molar-refractivity contribution in [2.24, 2.45) is 5.92 Å². The first kappa shape index (κ1) is 23.9. The number of rotatable bonds is 6. The highest BCUT2D eigenvalue weighted by Crippen LogP contribution is 2.26. The molecule has 2 aromatic heterocycles. The molecule has 5 rings (SSSR count). The first-order chi connectivity index (χ1) is 17.0. The molecule has 0 radical (unpaired) electrons. The first-order valence-electron chi connectivity index (χ1n) is 12.4. The standard InChI is InChI=1S/C27H32FN5OS/c1-20-26(35-25(30-20)17-21-7-9-23(28)10-8-21)27(34)33-12-4-5-22(19-33)18-31-13-15-32(16-14-31)24-6-2-3-11-29-24/h2-3,6-11,22H,4-5,12-19H2,1H3. The molecule has 1 amide bonds. The molecule has 6 nitrogen and oxygen atoms in total. The number of thiazole rings is 1. The Morgan fingerprint density at radius 2 is 1.89 bits per heavy atom. The first-order valence-corrected chi connectivity index (χ1v) is 13.2. The number of hydrogen-bond acceptors (Lipinski definition) is 6. The van der Waals surface area contributed by atoms with Crippen molar-refractivity contribution < 1.29 is 9.18 Å². The Labute approximate surface area is 210 Å². The largest absolute Gasteiger partial charge is 0.354 e. The van der Waals surface area contributed by atoms with Gasteiger partial charge in [-0.15, -0.1) is 11.3 Å². The lowest BCUT2D eigenvalue weighted by Gasteiger charge is -2.39. The molecule has 1 unspecified atom stereocenters. The van der Waals surface area contributed by atoms with E-state index < -0.39 is 0 Å². The third-order valence-electron chi connectivity index (χ3n) is 6.97. The van der Waals surface area contributed by atoms with Crippen LogP contribution >= 0.6 is 11.3 Å². The van der Waals surface area contributed by atoms with Gasteiger partial charge in [0.05, 0.1) is 10.7 Å². The Kier molecular flexibility index (Phi) is 7.39. The molecule has 0 spiro atoms. The second-order valence-electron chi connectivity index (χ2n) is 9.56. The molecule has 0 aliphatic carbocycles. The van der Waals surface area contributed by atoms with E-state index in [0.717, 1.165) is 79.2 Å². The number of amides is 1. The van der Waals surface area contributed by atoms with Crippen molar-refractivity contribution in [2.75, 3.05) is 50.7 Å². The van der Waals surface area contributed by atoms with Crippen LogP contribution in [-0.2, 0) is 6.42 Å². The second-order valence-corrected chi connectivity index (χ2v) is 10.6. The van der Waals surface area contributed by atoms with Gasteiger partial charge in [0.2, 0.25) is 0 Å². The maximum atomic E-state index is 13.4. The van der Waals surface area contributed by atoms with Gasteiger partial charge in [-0.05, 0) is 55.5 Å². The van der Waals surface area contributed by atoms with Crippen molar-refractivity contribution in [1.82, 2.24) is 19.8 Å². The van der Waals surface area contributed by atoms with Crippen LogP contribution in [-0.4, -0.2) is 71.5 Å². The number of pyridine rings is 1.